The topological polar surface area (TPSA) is 41.1 Å². The van der Waals surface area contributed by atoms with E-state index in [1.54, 1.807) is 13.0 Å². The maximum atomic E-state index is 12.7. The van der Waals surface area contributed by atoms with Crippen molar-refractivity contribution >= 4 is 6.03 Å². The lowest BCUT2D eigenvalue weighted by Crippen LogP contribution is -2.49. The van der Waals surface area contributed by atoms with Gasteiger partial charge < -0.3 is 10.6 Å². The van der Waals surface area contributed by atoms with Crippen molar-refractivity contribution in [3.8, 4) is 0 Å². The molecule has 0 heterocycles. The second-order valence-corrected chi connectivity index (χ2v) is 6.57. The SMILES string of the molecule is CC(NC(=O)NC1CC2(CC2)C1)c1cccc(C(F)(F)F)c1. The molecule has 2 N–H and O–H groups in total. The average Bonchev–Trinajstić information content (AvgIpc) is 3.18. The van der Waals surface area contributed by atoms with Crippen molar-refractivity contribution in [2.45, 2.75) is 50.9 Å². The molecule has 2 fully saturated rings. The number of urea groups is 1. The summed E-state index contributed by atoms with van der Waals surface area (Å²) in [6.45, 7) is 1.68. The zero-order valence-corrected chi connectivity index (χ0v) is 12.3. The normalized spacial score (nSPS) is 21.1. The van der Waals surface area contributed by atoms with Crippen molar-refractivity contribution in [3.63, 3.8) is 0 Å². The molecule has 1 aromatic rings. The Balaban J connectivity index is 1.54. The number of carbonyl (C=O) groups is 1. The fourth-order valence-electron chi connectivity index (χ4n) is 3.16. The van der Waals surface area contributed by atoms with Crippen LogP contribution in [-0.2, 0) is 6.18 Å². The fraction of sp³-hybridized carbons (Fsp3) is 0.562. The first-order chi connectivity index (χ1) is 10.3. The highest BCUT2D eigenvalue weighted by Crippen LogP contribution is 2.60. The molecule has 22 heavy (non-hydrogen) atoms. The predicted octanol–water partition coefficient (Wildman–Crippen LogP) is 4.01. The van der Waals surface area contributed by atoms with E-state index in [1.165, 1.54) is 18.9 Å². The molecule has 1 atom stereocenters. The van der Waals surface area contributed by atoms with Crippen molar-refractivity contribution in [3.05, 3.63) is 35.4 Å². The Hall–Kier alpha value is -1.72. The van der Waals surface area contributed by atoms with Crippen molar-refractivity contribution in [2.24, 2.45) is 5.41 Å². The van der Waals surface area contributed by atoms with E-state index in [2.05, 4.69) is 10.6 Å². The first kappa shape index (κ1) is 15.2. The number of rotatable bonds is 3. The third-order valence-corrected chi connectivity index (χ3v) is 4.71. The molecule has 2 aliphatic rings. The monoisotopic (exact) mass is 312 g/mol. The fourth-order valence-corrected chi connectivity index (χ4v) is 3.16. The van der Waals surface area contributed by atoms with E-state index >= 15 is 0 Å². The number of carbonyl (C=O) groups excluding carboxylic acids is 1. The van der Waals surface area contributed by atoms with Gasteiger partial charge in [0, 0.05) is 6.04 Å². The molecule has 1 spiro atoms. The molecular weight excluding hydrogens is 293 g/mol. The van der Waals surface area contributed by atoms with E-state index in [-0.39, 0.29) is 12.1 Å². The highest BCUT2D eigenvalue weighted by atomic mass is 19.4. The lowest BCUT2D eigenvalue weighted by molar-refractivity contribution is -0.137. The van der Waals surface area contributed by atoms with Gasteiger partial charge in [0.25, 0.3) is 0 Å². The molecule has 6 heteroatoms. The van der Waals surface area contributed by atoms with Crippen LogP contribution in [0.2, 0.25) is 0 Å². The lowest BCUT2D eigenvalue weighted by Gasteiger charge is -2.36. The highest BCUT2D eigenvalue weighted by Gasteiger charge is 2.53. The Morgan fingerprint density at radius 3 is 2.59 bits per heavy atom. The summed E-state index contributed by atoms with van der Waals surface area (Å²) >= 11 is 0. The minimum atomic E-state index is -4.37. The van der Waals surface area contributed by atoms with Gasteiger partial charge in [0.15, 0.2) is 0 Å². The number of alkyl halides is 3. The Bertz CT molecular complexity index is 573. The van der Waals surface area contributed by atoms with Gasteiger partial charge in [-0.25, -0.2) is 4.79 Å². The van der Waals surface area contributed by atoms with E-state index < -0.39 is 17.8 Å². The summed E-state index contributed by atoms with van der Waals surface area (Å²) in [6, 6.07) is 4.46. The zero-order valence-electron chi connectivity index (χ0n) is 12.3. The molecule has 0 aromatic heterocycles. The van der Waals surface area contributed by atoms with Gasteiger partial charge in [0.1, 0.15) is 0 Å². The van der Waals surface area contributed by atoms with E-state index in [9.17, 15) is 18.0 Å². The molecule has 0 aliphatic heterocycles. The number of amides is 2. The molecule has 2 aliphatic carbocycles. The Kier molecular flexibility index (Phi) is 3.57. The molecular formula is C16H19F3N2O. The van der Waals surface area contributed by atoms with Crippen LogP contribution in [0, 0.1) is 5.41 Å². The van der Waals surface area contributed by atoms with Gasteiger partial charge in [0.05, 0.1) is 11.6 Å². The maximum Gasteiger partial charge on any atom is 0.416 e. The van der Waals surface area contributed by atoms with Gasteiger partial charge in [-0.1, -0.05) is 12.1 Å². The Labute approximate surface area is 127 Å². The summed E-state index contributed by atoms with van der Waals surface area (Å²) in [5, 5.41) is 5.59. The van der Waals surface area contributed by atoms with Crippen LogP contribution in [0.3, 0.4) is 0 Å². The summed E-state index contributed by atoms with van der Waals surface area (Å²) in [7, 11) is 0. The van der Waals surface area contributed by atoms with Crippen molar-refractivity contribution in [1.29, 1.82) is 0 Å². The van der Waals surface area contributed by atoms with Crippen LogP contribution in [0.5, 0.6) is 0 Å². The van der Waals surface area contributed by atoms with Gasteiger partial charge >= 0.3 is 12.2 Å². The molecule has 1 unspecified atom stereocenters. The summed E-state index contributed by atoms with van der Waals surface area (Å²) in [5.41, 5.74) is 0.246. The smallest absolute Gasteiger partial charge is 0.335 e. The zero-order chi connectivity index (χ0) is 16.0. The molecule has 120 valence electrons. The number of benzene rings is 1. The summed E-state index contributed by atoms with van der Waals surface area (Å²) in [5.74, 6) is 0. The van der Waals surface area contributed by atoms with Crippen LogP contribution in [0.25, 0.3) is 0 Å². The molecule has 2 amide bonds. The summed E-state index contributed by atoms with van der Waals surface area (Å²) in [6.07, 6.45) is 0.195. The van der Waals surface area contributed by atoms with Gasteiger partial charge in [-0.05, 0) is 55.7 Å². The Morgan fingerprint density at radius 2 is 2.00 bits per heavy atom. The second kappa shape index (κ2) is 5.18. The molecule has 0 saturated heterocycles. The van der Waals surface area contributed by atoms with Crippen LogP contribution < -0.4 is 10.6 Å². The van der Waals surface area contributed by atoms with Crippen LogP contribution in [0.15, 0.2) is 24.3 Å². The van der Waals surface area contributed by atoms with Crippen LogP contribution in [0.4, 0.5) is 18.0 Å². The maximum absolute atomic E-state index is 12.7. The minimum absolute atomic E-state index is 0.205. The van der Waals surface area contributed by atoms with Gasteiger partial charge in [0.2, 0.25) is 0 Å². The van der Waals surface area contributed by atoms with Crippen LogP contribution >= 0.6 is 0 Å². The number of nitrogens with one attached hydrogen (secondary N) is 2. The number of hydrogen-bond acceptors (Lipinski definition) is 1. The van der Waals surface area contributed by atoms with Gasteiger partial charge in [-0.2, -0.15) is 13.2 Å². The van der Waals surface area contributed by atoms with Crippen LogP contribution in [-0.4, -0.2) is 12.1 Å². The molecule has 3 nitrogen and oxygen atoms in total. The van der Waals surface area contributed by atoms with Gasteiger partial charge in [-0.15, -0.1) is 0 Å². The minimum Gasteiger partial charge on any atom is -0.335 e. The third kappa shape index (κ3) is 3.20. The van der Waals surface area contributed by atoms with E-state index in [0.29, 0.717) is 11.0 Å². The molecule has 2 saturated carbocycles. The van der Waals surface area contributed by atoms with Crippen molar-refractivity contribution < 1.29 is 18.0 Å². The van der Waals surface area contributed by atoms with E-state index in [4.69, 9.17) is 0 Å². The standard InChI is InChI=1S/C16H19F3N2O/c1-10(11-3-2-4-12(7-11)16(17,18)19)20-14(22)21-13-8-15(9-13)5-6-15/h2-4,7,10,13H,5-6,8-9H2,1H3,(H2,20,21,22). The first-order valence-electron chi connectivity index (χ1n) is 7.52. The van der Waals surface area contributed by atoms with Gasteiger partial charge in [-0.3, -0.25) is 0 Å². The average molecular weight is 312 g/mol. The molecule has 0 radical (unpaired) electrons. The second-order valence-electron chi connectivity index (χ2n) is 6.57. The summed E-state index contributed by atoms with van der Waals surface area (Å²) < 4.78 is 38.1. The van der Waals surface area contributed by atoms with E-state index in [0.717, 1.165) is 25.0 Å². The van der Waals surface area contributed by atoms with Crippen molar-refractivity contribution in [1.82, 2.24) is 10.6 Å². The van der Waals surface area contributed by atoms with Crippen molar-refractivity contribution in [2.75, 3.05) is 0 Å². The molecule has 1 aromatic carbocycles. The predicted molar refractivity (Wildman–Crippen MR) is 76.2 cm³/mol. The first-order valence-corrected chi connectivity index (χ1v) is 7.52. The molecule has 0 bridgehead atoms. The highest BCUT2D eigenvalue weighted by molar-refractivity contribution is 5.75. The quantitative estimate of drug-likeness (QED) is 0.870. The largest absolute Gasteiger partial charge is 0.416 e. The van der Waals surface area contributed by atoms with E-state index in [1.807, 2.05) is 0 Å². The van der Waals surface area contributed by atoms with Crippen LogP contribution in [0.1, 0.15) is 49.8 Å². The number of halogens is 3. The lowest BCUT2D eigenvalue weighted by atomic mass is 9.77. The Morgan fingerprint density at radius 1 is 1.32 bits per heavy atom. The molecule has 3 rings (SSSR count). The third-order valence-electron chi connectivity index (χ3n) is 4.71. The number of hydrogen-bond donors (Lipinski definition) is 2. The summed E-state index contributed by atoms with van der Waals surface area (Å²) in [4.78, 5) is 11.9.